The number of nitrogens with zero attached hydrogens (tertiary/aromatic N) is 2. The maximum atomic E-state index is 12.1. The highest BCUT2D eigenvalue weighted by atomic mass is 16.1. The Kier molecular flexibility index (Phi) is 6.09. The van der Waals surface area contributed by atoms with E-state index in [-0.39, 0.29) is 5.91 Å². The number of nitrogens with one attached hydrogen (secondary N) is 2. The zero-order valence-electron chi connectivity index (χ0n) is 14.0. The first kappa shape index (κ1) is 16.9. The molecule has 2 aromatic rings. The second kappa shape index (κ2) is 8.27. The van der Waals surface area contributed by atoms with Crippen molar-refractivity contribution in [2.24, 2.45) is 5.92 Å². The number of benzene rings is 1. The summed E-state index contributed by atoms with van der Waals surface area (Å²) in [5.41, 5.74) is 2.52. The monoisotopic (exact) mass is 312 g/mol. The van der Waals surface area contributed by atoms with Gasteiger partial charge in [0.1, 0.15) is 5.69 Å². The van der Waals surface area contributed by atoms with Gasteiger partial charge in [-0.05, 0) is 36.5 Å². The summed E-state index contributed by atoms with van der Waals surface area (Å²) < 4.78 is 0. The molecule has 5 nitrogen and oxygen atoms in total. The number of aryl methyl sites for hydroxylation is 1. The quantitative estimate of drug-likeness (QED) is 0.820. The van der Waals surface area contributed by atoms with Crippen molar-refractivity contribution in [3.63, 3.8) is 0 Å². The molecule has 2 N–H and O–H groups in total. The number of rotatable bonds is 7. The minimum Gasteiger partial charge on any atom is -0.351 e. The molecule has 23 heavy (non-hydrogen) atoms. The largest absolute Gasteiger partial charge is 0.351 e. The van der Waals surface area contributed by atoms with Crippen LogP contribution in [-0.2, 0) is 6.42 Å². The molecule has 0 aliphatic carbocycles. The number of para-hydroxylation sites is 1. The Morgan fingerprint density at radius 1 is 1.22 bits per heavy atom. The number of carbonyl (C=O) groups excluding carboxylic acids is 1. The third kappa shape index (κ3) is 5.06. The smallest absolute Gasteiger partial charge is 0.270 e. The van der Waals surface area contributed by atoms with Crippen LogP contribution in [0.2, 0.25) is 0 Å². The highest BCUT2D eigenvalue weighted by molar-refractivity contribution is 5.92. The zero-order valence-corrected chi connectivity index (χ0v) is 14.0. The Labute approximate surface area is 137 Å². The van der Waals surface area contributed by atoms with Crippen molar-refractivity contribution in [3.8, 4) is 0 Å². The maximum Gasteiger partial charge on any atom is 0.270 e. The fourth-order valence-corrected chi connectivity index (χ4v) is 2.18. The lowest BCUT2D eigenvalue weighted by Gasteiger charge is -2.10. The van der Waals surface area contributed by atoms with Crippen LogP contribution in [0.4, 0.5) is 11.6 Å². The lowest BCUT2D eigenvalue weighted by Crippen LogP contribution is -2.26. The first-order valence-corrected chi connectivity index (χ1v) is 8.06. The van der Waals surface area contributed by atoms with Crippen LogP contribution in [0.25, 0.3) is 0 Å². The van der Waals surface area contributed by atoms with Gasteiger partial charge in [0.25, 0.3) is 5.91 Å². The van der Waals surface area contributed by atoms with Crippen molar-refractivity contribution >= 4 is 17.5 Å². The SMILES string of the molecule is CCc1ccccc1Nc1nccc(C(=O)NCCC(C)C)n1. The summed E-state index contributed by atoms with van der Waals surface area (Å²) in [7, 11) is 0. The summed E-state index contributed by atoms with van der Waals surface area (Å²) in [4.78, 5) is 20.6. The Morgan fingerprint density at radius 2 is 2.00 bits per heavy atom. The minimum absolute atomic E-state index is 0.167. The van der Waals surface area contributed by atoms with Gasteiger partial charge in [-0.3, -0.25) is 4.79 Å². The highest BCUT2D eigenvalue weighted by Crippen LogP contribution is 2.18. The molecule has 0 fully saturated rings. The number of carbonyl (C=O) groups is 1. The van der Waals surface area contributed by atoms with E-state index in [9.17, 15) is 4.79 Å². The van der Waals surface area contributed by atoms with Gasteiger partial charge < -0.3 is 10.6 Å². The van der Waals surface area contributed by atoms with Gasteiger partial charge in [0.2, 0.25) is 5.95 Å². The molecule has 0 spiro atoms. The van der Waals surface area contributed by atoms with Crippen LogP contribution in [0.1, 0.15) is 43.2 Å². The molecule has 0 aliphatic heterocycles. The first-order valence-electron chi connectivity index (χ1n) is 8.06. The van der Waals surface area contributed by atoms with Crippen LogP contribution in [0.3, 0.4) is 0 Å². The number of hydrogen-bond acceptors (Lipinski definition) is 4. The van der Waals surface area contributed by atoms with Crippen LogP contribution >= 0.6 is 0 Å². The first-order chi connectivity index (χ1) is 11.1. The average molecular weight is 312 g/mol. The molecule has 0 radical (unpaired) electrons. The van der Waals surface area contributed by atoms with Gasteiger partial charge in [0, 0.05) is 18.4 Å². The second-order valence-corrected chi connectivity index (χ2v) is 5.84. The van der Waals surface area contributed by atoms with Crippen molar-refractivity contribution in [2.45, 2.75) is 33.6 Å². The Hall–Kier alpha value is -2.43. The van der Waals surface area contributed by atoms with Crippen LogP contribution in [0, 0.1) is 5.92 Å². The summed E-state index contributed by atoms with van der Waals surface area (Å²) >= 11 is 0. The van der Waals surface area contributed by atoms with Crippen molar-refractivity contribution in [1.29, 1.82) is 0 Å². The molecule has 0 saturated heterocycles. The van der Waals surface area contributed by atoms with E-state index in [1.807, 2.05) is 18.2 Å². The molecule has 1 aromatic carbocycles. The fraction of sp³-hybridized carbons (Fsp3) is 0.389. The third-order valence-electron chi connectivity index (χ3n) is 3.54. The van der Waals surface area contributed by atoms with Gasteiger partial charge in [0.15, 0.2) is 0 Å². The highest BCUT2D eigenvalue weighted by Gasteiger charge is 2.09. The summed E-state index contributed by atoms with van der Waals surface area (Å²) in [6.07, 6.45) is 3.46. The van der Waals surface area contributed by atoms with Crippen LogP contribution < -0.4 is 10.6 Å². The van der Waals surface area contributed by atoms with E-state index in [1.165, 1.54) is 5.56 Å². The van der Waals surface area contributed by atoms with Crippen molar-refractivity contribution < 1.29 is 4.79 Å². The van der Waals surface area contributed by atoms with E-state index in [0.717, 1.165) is 18.5 Å². The standard InChI is InChI=1S/C18H24N4O/c1-4-14-7-5-6-8-15(14)21-18-20-12-10-16(22-18)17(23)19-11-9-13(2)3/h5-8,10,12-13H,4,9,11H2,1-3H3,(H,19,23)(H,20,21,22). The Balaban J connectivity index is 2.06. The van der Waals surface area contributed by atoms with Gasteiger partial charge in [-0.15, -0.1) is 0 Å². The second-order valence-electron chi connectivity index (χ2n) is 5.84. The lowest BCUT2D eigenvalue weighted by molar-refractivity contribution is 0.0947. The van der Waals surface area contributed by atoms with Crippen LogP contribution in [0.15, 0.2) is 36.5 Å². The topological polar surface area (TPSA) is 66.9 Å². The van der Waals surface area contributed by atoms with E-state index in [1.54, 1.807) is 12.3 Å². The Bertz CT molecular complexity index is 655. The van der Waals surface area contributed by atoms with E-state index < -0.39 is 0 Å². The number of aromatic nitrogens is 2. The Morgan fingerprint density at radius 3 is 2.74 bits per heavy atom. The molecule has 1 aromatic heterocycles. The van der Waals surface area contributed by atoms with Gasteiger partial charge >= 0.3 is 0 Å². The molecule has 1 heterocycles. The van der Waals surface area contributed by atoms with Crippen LogP contribution in [0.5, 0.6) is 0 Å². The van der Waals surface area contributed by atoms with Gasteiger partial charge in [-0.1, -0.05) is 39.0 Å². The summed E-state index contributed by atoms with van der Waals surface area (Å²) in [5, 5.41) is 6.08. The van der Waals surface area contributed by atoms with E-state index in [4.69, 9.17) is 0 Å². The van der Waals surface area contributed by atoms with E-state index >= 15 is 0 Å². The molecular formula is C18H24N4O. The van der Waals surface area contributed by atoms with Crippen molar-refractivity contribution in [3.05, 3.63) is 47.8 Å². The molecule has 0 atom stereocenters. The van der Waals surface area contributed by atoms with Gasteiger partial charge in [0.05, 0.1) is 0 Å². The molecule has 0 saturated carbocycles. The van der Waals surface area contributed by atoms with Crippen molar-refractivity contribution in [2.75, 3.05) is 11.9 Å². The zero-order chi connectivity index (χ0) is 16.7. The molecular weight excluding hydrogens is 288 g/mol. The predicted molar refractivity (Wildman–Crippen MR) is 92.9 cm³/mol. The predicted octanol–water partition coefficient (Wildman–Crippen LogP) is 3.56. The normalized spacial score (nSPS) is 10.6. The molecule has 0 bridgehead atoms. The molecule has 1 amide bonds. The lowest BCUT2D eigenvalue weighted by atomic mass is 10.1. The average Bonchev–Trinajstić information content (AvgIpc) is 2.55. The van der Waals surface area contributed by atoms with Gasteiger partial charge in [-0.2, -0.15) is 0 Å². The van der Waals surface area contributed by atoms with Gasteiger partial charge in [-0.25, -0.2) is 9.97 Å². The minimum atomic E-state index is -0.167. The number of hydrogen-bond donors (Lipinski definition) is 2. The number of amides is 1. The summed E-state index contributed by atoms with van der Waals surface area (Å²) in [6, 6.07) is 9.64. The molecule has 0 aliphatic rings. The van der Waals surface area contributed by atoms with E-state index in [0.29, 0.717) is 24.1 Å². The van der Waals surface area contributed by atoms with Crippen molar-refractivity contribution in [1.82, 2.24) is 15.3 Å². The summed E-state index contributed by atoms with van der Waals surface area (Å²) in [6.45, 7) is 7.01. The fourth-order valence-electron chi connectivity index (χ4n) is 2.18. The van der Waals surface area contributed by atoms with E-state index in [2.05, 4.69) is 47.4 Å². The maximum absolute atomic E-state index is 12.1. The molecule has 122 valence electrons. The third-order valence-corrected chi connectivity index (χ3v) is 3.54. The van der Waals surface area contributed by atoms with Crippen LogP contribution in [-0.4, -0.2) is 22.4 Å². The molecule has 5 heteroatoms. The summed E-state index contributed by atoms with van der Waals surface area (Å²) in [5.74, 6) is 0.825. The molecule has 0 unspecified atom stereocenters. The molecule has 2 rings (SSSR count). The number of anilines is 2.